The highest BCUT2D eigenvalue weighted by Crippen LogP contribution is 2.35. The molecule has 6 nitrogen and oxygen atoms in total. The number of nitrogens with zero attached hydrogens (tertiary/aromatic N) is 1. The van der Waals surface area contributed by atoms with Crippen LogP contribution in [0.25, 0.3) is 0 Å². The molecule has 88 valence electrons. The van der Waals surface area contributed by atoms with E-state index in [1.807, 2.05) is 0 Å². The molecule has 0 saturated heterocycles. The summed E-state index contributed by atoms with van der Waals surface area (Å²) in [7, 11) is -4.50. The summed E-state index contributed by atoms with van der Waals surface area (Å²) in [5, 5.41) is 7.81. The smallest absolute Gasteiger partial charge is 0.321 e. The molecule has 0 radical (unpaired) electrons. The maximum Gasteiger partial charge on any atom is 0.473 e. The largest absolute Gasteiger partial charge is 0.473 e. The number of carbonyl (C=O) groups excluding carboxylic acids is 1. The van der Waals surface area contributed by atoms with Crippen LogP contribution < -0.4 is 0 Å². The van der Waals surface area contributed by atoms with E-state index in [1.54, 1.807) is 0 Å². The van der Waals surface area contributed by atoms with E-state index in [0.717, 1.165) is 0 Å². The molecule has 0 bridgehead atoms. The van der Waals surface area contributed by atoms with E-state index in [1.165, 1.54) is 0 Å². The fourth-order valence-corrected chi connectivity index (χ4v) is 0.882. The summed E-state index contributed by atoms with van der Waals surface area (Å²) < 4.78 is 45.1. The average molecular weight is 249 g/mol. The number of halogens is 3. The highest BCUT2D eigenvalue weighted by molar-refractivity contribution is 7.55. The van der Waals surface area contributed by atoms with E-state index in [2.05, 4.69) is 0 Å². The van der Waals surface area contributed by atoms with Gasteiger partial charge >= 0.3 is 19.7 Å². The molecule has 10 heteroatoms. The SMILES string of the molecule is O=C(N(O)C/C=C/P(=O)(O)O)C(F)(F)F. The summed E-state index contributed by atoms with van der Waals surface area (Å²) in [6.45, 7) is -0.969. The zero-order valence-electron chi connectivity index (χ0n) is 7.05. The van der Waals surface area contributed by atoms with Crippen molar-refractivity contribution < 1.29 is 37.5 Å². The Morgan fingerprint density at radius 3 is 2.20 bits per heavy atom. The highest BCUT2D eigenvalue weighted by Gasteiger charge is 2.42. The number of rotatable bonds is 3. The normalized spacial score (nSPS) is 13.2. The highest BCUT2D eigenvalue weighted by atomic mass is 31.2. The van der Waals surface area contributed by atoms with Gasteiger partial charge in [-0.2, -0.15) is 13.2 Å². The molecule has 0 rings (SSSR count). The predicted molar refractivity (Wildman–Crippen MR) is 40.7 cm³/mol. The molecule has 0 aliphatic rings. The first-order valence-electron chi connectivity index (χ1n) is 3.34. The van der Waals surface area contributed by atoms with E-state index in [-0.39, 0.29) is 5.82 Å². The lowest BCUT2D eigenvalue weighted by molar-refractivity contribution is -0.213. The fraction of sp³-hybridized carbons (Fsp3) is 0.400. The molecule has 0 aliphatic heterocycles. The van der Waals surface area contributed by atoms with Crippen molar-refractivity contribution >= 4 is 13.5 Å². The maximum absolute atomic E-state index is 11.6. The Hall–Kier alpha value is -0.890. The van der Waals surface area contributed by atoms with Crippen LogP contribution in [-0.2, 0) is 9.36 Å². The molecule has 0 unspecified atom stereocenters. The molecule has 0 spiro atoms. The van der Waals surface area contributed by atoms with Crippen LogP contribution in [0.2, 0.25) is 0 Å². The predicted octanol–water partition coefficient (Wildman–Crippen LogP) is 0.458. The van der Waals surface area contributed by atoms with E-state index in [4.69, 9.17) is 15.0 Å². The molecular formula is C5H7F3NO5P. The third-order valence-corrected chi connectivity index (χ3v) is 1.65. The Morgan fingerprint density at radius 2 is 1.87 bits per heavy atom. The van der Waals surface area contributed by atoms with Gasteiger partial charge in [0, 0.05) is 5.82 Å². The van der Waals surface area contributed by atoms with Crippen LogP contribution in [0, 0.1) is 0 Å². The molecule has 0 fully saturated rings. The molecule has 1 amide bonds. The van der Waals surface area contributed by atoms with Crippen LogP contribution in [0.4, 0.5) is 13.2 Å². The first kappa shape index (κ1) is 14.1. The van der Waals surface area contributed by atoms with Crippen molar-refractivity contribution in [2.45, 2.75) is 6.18 Å². The van der Waals surface area contributed by atoms with Gasteiger partial charge in [-0.3, -0.25) is 14.6 Å². The van der Waals surface area contributed by atoms with Gasteiger partial charge in [-0.25, -0.2) is 5.06 Å². The van der Waals surface area contributed by atoms with Gasteiger partial charge in [-0.1, -0.05) is 6.08 Å². The zero-order valence-corrected chi connectivity index (χ0v) is 7.94. The summed E-state index contributed by atoms with van der Waals surface area (Å²) in [5.74, 6) is -2.24. The van der Waals surface area contributed by atoms with Crippen LogP contribution in [0.15, 0.2) is 11.9 Å². The third kappa shape index (κ3) is 6.24. The minimum absolute atomic E-state index is 0.278. The number of hydroxylamine groups is 2. The number of amides is 1. The van der Waals surface area contributed by atoms with Crippen LogP contribution >= 0.6 is 7.60 Å². The van der Waals surface area contributed by atoms with Gasteiger partial charge in [0.1, 0.15) is 0 Å². The third-order valence-electron chi connectivity index (χ3n) is 1.05. The van der Waals surface area contributed by atoms with Crippen molar-refractivity contribution in [1.82, 2.24) is 5.06 Å². The Kier molecular flexibility index (Phi) is 4.47. The van der Waals surface area contributed by atoms with Crippen molar-refractivity contribution in [3.8, 4) is 0 Å². The Labute approximate surface area is 81.7 Å². The minimum atomic E-state index is -5.23. The van der Waals surface area contributed by atoms with Gasteiger partial charge in [-0.15, -0.1) is 0 Å². The monoisotopic (exact) mass is 249 g/mol. The second-order valence-electron chi connectivity index (χ2n) is 2.36. The van der Waals surface area contributed by atoms with Crippen LogP contribution in [-0.4, -0.2) is 38.7 Å². The van der Waals surface area contributed by atoms with Crippen LogP contribution in [0.5, 0.6) is 0 Å². The van der Waals surface area contributed by atoms with Gasteiger partial charge in [0.25, 0.3) is 0 Å². The molecular weight excluding hydrogens is 242 g/mol. The topological polar surface area (TPSA) is 98.1 Å². The molecule has 0 aromatic carbocycles. The van der Waals surface area contributed by atoms with Crippen molar-refractivity contribution in [3.05, 3.63) is 11.9 Å². The van der Waals surface area contributed by atoms with E-state index >= 15 is 0 Å². The van der Waals surface area contributed by atoms with Crippen LogP contribution in [0.3, 0.4) is 0 Å². The van der Waals surface area contributed by atoms with Gasteiger partial charge in [0.2, 0.25) is 0 Å². The van der Waals surface area contributed by atoms with Gasteiger partial charge in [0.15, 0.2) is 0 Å². The van der Waals surface area contributed by atoms with Crippen molar-refractivity contribution in [2.24, 2.45) is 0 Å². The van der Waals surface area contributed by atoms with Crippen molar-refractivity contribution in [1.29, 1.82) is 0 Å². The number of alkyl halides is 3. The number of hydrogen-bond donors (Lipinski definition) is 3. The standard InChI is InChI=1S/C5H7F3NO5P/c6-5(7,8)4(10)9(11)2-1-3-15(12,13)14/h1,3,11H,2H2,(H2,12,13,14)/b3-1+. The molecule has 3 N–H and O–H groups in total. The summed E-state index contributed by atoms with van der Waals surface area (Å²) in [5.41, 5.74) is 0. The summed E-state index contributed by atoms with van der Waals surface area (Å²) in [6, 6.07) is 0. The van der Waals surface area contributed by atoms with Gasteiger partial charge in [0.05, 0.1) is 6.54 Å². The number of hydrogen-bond acceptors (Lipinski definition) is 3. The summed E-state index contributed by atoms with van der Waals surface area (Å²) in [4.78, 5) is 26.7. The minimum Gasteiger partial charge on any atom is -0.321 e. The lowest BCUT2D eigenvalue weighted by atomic mass is 10.5. The second kappa shape index (κ2) is 4.75. The molecule has 0 aliphatic carbocycles. The Bertz CT molecular complexity index is 308. The molecule has 0 heterocycles. The summed E-state index contributed by atoms with van der Waals surface area (Å²) >= 11 is 0. The first-order chi connectivity index (χ1) is 6.54. The molecule has 0 aromatic rings. The first-order valence-corrected chi connectivity index (χ1v) is 5.02. The molecule has 0 saturated carbocycles. The summed E-state index contributed by atoms with van der Waals surface area (Å²) in [6.07, 6.45) is -4.69. The molecule has 0 aromatic heterocycles. The van der Waals surface area contributed by atoms with Crippen molar-refractivity contribution in [3.63, 3.8) is 0 Å². The van der Waals surface area contributed by atoms with E-state index in [0.29, 0.717) is 6.08 Å². The van der Waals surface area contributed by atoms with E-state index in [9.17, 15) is 22.5 Å². The lowest BCUT2D eigenvalue weighted by Gasteiger charge is -2.14. The molecule has 0 atom stereocenters. The maximum atomic E-state index is 11.6. The van der Waals surface area contributed by atoms with Crippen molar-refractivity contribution in [2.75, 3.05) is 6.54 Å². The van der Waals surface area contributed by atoms with E-state index < -0.39 is 31.3 Å². The lowest BCUT2D eigenvalue weighted by Crippen LogP contribution is -2.38. The van der Waals surface area contributed by atoms with Gasteiger partial charge in [-0.05, 0) is 0 Å². The van der Waals surface area contributed by atoms with Gasteiger partial charge < -0.3 is 9.79 Å². The quantitative estimate of drug-likeness (QED) is 0.383. The Morgan fingerprint density at radius 1 is 1.40 bits per heavy atom. The fourth-order valence-electron chi connectivity index (χ4n) is 0.514. The average Bonchev–Trinajstić information content (AvgIpc) is 1.98. The van der Waals surface area contributed by atoms with Crippen LogP contribution in [0.1, 0.15) is 0 Å². The second-order valence-corrected chi connectivity index (χ2v) is 3.84. The molecule has 15 heavy (non-hydrogen) atoms. The Balaban J connectivity index is 4.29. The number of carbonyl (C=O) groups is 1. The zero-order chi connectivity index (χ0) is 12.3.